The number of hydrogen-bond acceptors (Lipinski definition) is 4. The molecule has 1 saturated heterocycles. The van der Waals surface area contributed by atoms with Crippen molar-refractivity contribution in [3.63, 3.8) is 0 Å². The van der Waals surface area contributed by atoms with Gasteiger partial charge in [0.2, 0.25) is 5.91 Å². The molecule has 5 nitrogen and oxygen atoms in total. The van der Waals surface area contributed by atoms with Gasteiger partial charge < -0.3 is 15.0 Å². The Morgan fingerprint density at radius 1 is 1.15 bits per heavy atom. The number of benzene rings is 1. The van der Waals surface area contributed by atoms with Gasteiger partial charge >= 0.3 is 0 Å². The van der Waals surface area contributed by atoms with Crippen LogP contribution in [0.4, 0.5) is 5.69 Å². The van der Waals surface area contributed by atoms with E-state index in [1.54, 1.807) is 25.3 Å². The molecule has 1 N–H and O–H groups in total. The zero-order chi connectivity index (χ0) is 18.4. The highest BCUT2D eigenvalue weighted by Gasteiger charge is 2.22. The van der Waals surface area contributed by atoms with Crippen LogP contribution in [-0.4, -0.2) is 62.1 Å². The Morgan fingerprint density at radius 3 is 2.54 bits per heavy atom. The molecule has 26 heavy (non-hydrogen) atoms. The van der Waals surface area contributed by atoms with E-state index in [-0.39, 0.29) is 5.91 Å². The fourth-order valence-electron chi connectivity index (χ4n) is 4.04. The van der Waals surface area contributed by atoms with E-state index in [0.717, 1.165) is 32.1 Å². The van der Waals surface area contributed by atoms with Crippen LogP contribution in [0.5, 0.6) is 5.75 Å². The molecule has 1 heterocycles. The number of piperazine rings is 1. The van der Waals surface area contributed by atoms with Crippen LogP contribution in [0.15, 0.2) is 18.2 Å². The number of carbonyl (C=O) groups excluding carboxylic acids is 1. The molecule has 1 amide bonds. The van der Waals surface area contributed by atoms with Gasteiger partial charge in [-0.2, -0.15) is 0 Å². The van der Waals surface area contributed by atoms with E-state index in [9.17, 15) is 4.79 Å². The predicted octanol–water partition coefficient (Wildman–Crippen LogP) is 3.49. The highest BCUT2D eigenvalue weighted by Crippen LogP contribution is 2.28. The van der Waals surface area contributed by atoms with E-state index in [1.807, 2.05) is 0 Å². The summed E-state index contributed by atoms with van der Waals surface area (Å²) in [4.78, 5) is 17.2. The Hall–Kier alpha value is -1.30. The normalized spacial score (nSPS) is 20.1. The third-order valence-electron chi connectivity index (χ3n) is 5.51. The average Bonchev–Trinajstić information content (AvgIpc) is 2.64. The molecule has 1 aliphatic heterocycles. The summed E-state index contributed by atoms with van der Waals surface area (Å²) in [6, 6.07) is 5.24. The molecule has 1 saturated carbocycles. The van der Waals surface area contributed by atoms with Crippen molar-refractivity contribution in [2.45, 2.75) is 32.1 Å². The predicted molar refractivity (Wildman–Crippen MR) is 106 cm³/mol. The van der Waals surface area contributed by atoms with Crippen LogP contribution in [0.3, 0.4) is 0 Å². The van der Waals surface area contributed by atoms with Gasteiger partial charge in [-0.05, 0) is 37.0 Å². The zero-order valence-corrected chi connectivity index (χ0v) is 16.4. The summed E-state index contributed by atoms with van der Waals surface area (Å²) in [6.07, 6.45) is 7.00. The van der Waals surface area contributed by atoms with E-state index in [0.29, 0.717) is 23.0 Å². The topological polar surface area (TPSA) is 44.8 Å². The van der Waals surface area contributed by atoms with Crippen LogP contribution in [0, 0.1) is 5.92 Å². The monoisotopic (exact) mass is 379 g/mol. The van der Waals surface area contributed by atoms with Gasteiger partial charge in [0.15, 0.2) is 0 Å². The summed E-state index contributed by atoms with van der Waals surface area (Å²) < 4.78 is 5.28. The number of nitrogens with one attached hydrogen (secondary N) is 1. The molecule has 1 aliphatic carbocycles. The molecular formula is C20H30ClN3O2. The number of nitrogens with zero attached hydrogens (tertiary/aromatic N) is 2. The maximum absolute atomic E-state index is 12.4. The van der Waals surface area contributed by atoms with E-state index in [2.05, 4.69) is 15.1 Å². The van der Waals surface area contributed by atoms with Crippen LogP contribution >= 0.6 is 11.6 Å². The van der Waals surface area contributed by atoms with Gasteiger partial charge in [0, 0.05) is 37.7 Å². The van der Waals surface area contributed by atoms with Gasteiger partial charge in [-0.1, -0.05) is 30.9 Å². The zero-order valence-electron chi connectivity index (χ0n) is 15.7. The highest BCUT2D eigenvalue weighted by atomic mass is 35.5. The molecule has 0 aromatic heterocycles. The molecule has 1 aromatic rings. The number of hydrogen-bond donors (Lipinski definition) is 1. The van der Waals surface area contributed by atoms with Crippen molar-refractivity contribution in [1.82, 2.24) is 9.80 Å². The molecule has 1 aromatic carbocycles. The first-order valence-corrected chi connectivity index (χ1v) is 10.1. The summed E-state index contributed by atoms with van der Waals surface area (Å²) in [6.45, 7) is 5.67. The molecule has 2 fully saturated rings. The van der Waals surface area contributed by atoms with Gasteiger partial charge in [0.25, 0.3) is 0 Å². The van der Waals surface area contributed by atoms with Gasteiger partial charge in [-0.25, -0.2) is 0 Å². The highest BCUT2D eigenvalue weighted by molar-refractivity contribution is 6.31. The van der Waals surface area contributed by atoms with E-state index >= 15 is 0 Å². The molecule has 6 heteroatoms. The SMILES string of the molecule is COc1ccc(Cl)cc1NC(=O)CN1CCN(CC2CCCCC2)CC1. The first-order chi connectivity index (χ1) is 12.6. The summed E-state index contributed by atoms with van der Waals surface area (Å²) in [7, 11) is 1.59. The van der Waals surface area contributed by atoms with Crippen LogP contribution < -0.4 is 10.1 Å². The molecule has 3 rings (SSSR count). The lowest BCUT2D eigenvalue weighted by Gasteiger charge is -2.37. The number of rotatable bonds is 6. The van der Waals surface area contributed by atoms with Crippen molar-refractivity contribution in [3.05, 3.63) is 23.2 Å². The Labute approximate surface area is 161 Å². The third-order valence-corrected chi connectivity index (χ3v) is 5.74. The fraction of sp³-hybridized carbons (Fsp3) is 0.650. The van der Waals surface area contributed by atoms with Gasteiger partial charge in [-0.15, -0.1) is 0 Å². The largest absolute Gasteiger partial charge is 0.495 e. The number of anilines is 1. The lowest BCUT2D eigenvalue weighted by molar-refractivity contribution is -0.117. The second-order valence-corrected chi connectivity index (χ2v) is 7.91. The first-order valence-electron chi connectivity index (χ1n) is 9.72. The Bertz CT molecular complexity index is 597. The standard InChI is InChI=1S/C20H30ClN3O2/c1-26-19-8-7-17(21)13-18(19)22-20(25)15-24-11-9-23(10-12-24)14-16-5-3-2-4-6-16/h7-8,13,16H,2-6,9-12,14-15H2,1H3,(H,22,25). The maximum Gasteiger partial charge on any atom is 0.238 e. The van der Waals surface area contributed by atoms with Crippen molar-refractivity contribution in [1.29, 1.82) is 0 Å². The molecule has 0 bridgehead atoms. The van der Waals surface area contributed by atoms with Crippen molar-refractivity contribution in [2.75, 3.05) is 51.7 Å². The quantitative estimate of drug-likeness (QED) is 0.821. The van der Waals surface area contributed by atoms with Crippen molar-refractivity contribution in [3.8, 4) is 5.75 Å². The van der Waals surface area contributed by atoms with E-state index < -0.39 is 0 Å². The van der Waals surface area contributed by atoms with Crippen LogP contribution in [-0.2, 0) is 4.79 Å². The lowest BCUT2D eigenvalue weighted by atomic mass is 9.89. The molecule has 0 spiro atoms. The van der Waals surface area contributed by atoms with E-state index in [1.165, 1.54) is 38.6 Å². The van der Waals surface area contributed by atoms with Crippen LogP contribution in [0.2, 0.25) is 5.02 Å². The van der Waals surface area contributed by atoms with Gasteiger partial charge in [-0.3, -0.25) is 9.69 Å². The lowest BCUT2D eigenvalue weighted by Crippen LogP contribution is -2.49. The number of carbonyl (C=O) groups is 1. The van der Waals surface area contributed by atoms with Crippen LogP contribution in [0.25, 0.3) is 0 Å². The van der Waals surface area contributed by atoms with E-state index in [4.69, 9.17) is 16.3 Å². The summed E-state index contributed by atoms with van der Waals surface area (Å²) in [5.41, 5.74) is 0.626. The Kier molecular flexibility index (Phi) is 7.17. The van der Waals surface area contributed by atoms with Gasteiger partial charge in [0.05, 0.1) is 19.3 Å². The van der Waals surface area contributed by atoms with Gasteiger partial charge in [0.1, 0.15) is 5.75 Å². The number of methoxy groups -OCH3 is 1. The molecular weight excluding hydrogens is 350 g/mol. The summed E-state index contributed by atoms with van der Waals surface area (Å²) >= 11 is 6.02. The van der Waals surface area contributed by atoms with Crippen molar-refractivity contribution < 1.29 is 9.53 Å². The van der Waals surface area contributed by atoms with Crippen LogP contribution in [0.1, 0.15) is 32.1 Å². The molecule has 0 atom stereocenters. The minimum absolute atomic E-state index is 0.0219. The molecule has 0 unspecified atom stereocenters. The maximum atomic E-state index is 12.4. The second kappa shape index (κ2) is 9.58. The smallest absolute Gasteiger partial charge is 0.238 e. The molecule has 144 valence electrons. The number of amides is 1. The minimum Gasteiger partial charge on any atom is -0.495 e. The average molecular weight is 380 g/mol. The Balaban J connectivity index is 1.42. The van der Waals surface area contributed by atoms with Crippen molar-refractivity contribution >= 4 is 23.2 Å². The Morgan fingerprint density at radius 2 is 1.85 bits per heavy atom. The number of ether oxygens (including phenoxy) is 1. The second-order valence-electron chi connectivity index (χ2n) is 7.47. The minimum atomic E-state index is -0.0219. The summed E-state index contributed by atoms with van der Waals surface area (Å²) in [5.74, 6) is 1.49. The molecule has 2 aliphatic rings. The molecule has 0 radical (unpaired) electrons. The summed E-state index contributed by atoms with van der Waals surface area (Å²) in [5, 5.41) is 3.50. The third kappa shape index (κ3) is 5.60. The fourth-order valence-corrected chi connectivity index (χ4v) is 4.21. The first kappa shape index (κ1) is 19.5. The number of halogens is 1. The van der Waals surface area contributed by atoms with Crippen molar-refractivity contribution in [2.24, 2.45) is 5.92 Å².